The highest BCUT2D eigenvalue weighted by atomic mass is 35.5. The van der Waals surface area contributed by atoms with Crippen molar-refractivity contribution >= 4 is 17.4 Å². The van der Waals surface area contributed by atoms with Gasteiger partial charge < -0.3 is 4.90 Å². The summed E-state index contributed by atoms with van der Waals surface area (Å²) in [5.41, 5.74) is 1.06. The monoisotopic (exact) mass is 269 g/mol. The third-order valence-corrected chi connectivity index (χ3v) is 3.02. The molecule has 1 aromatic heterocycles. The van der Waals surface area contributed by atoms with Gasteiger partial charge in [0.2, 0.25) is 0 Å². The Bertz CT molecular complexity index is 367. The van der Waals surface area contributed by atoms with E-state index >= 15 is 0 Å². The van der Waals surface area contributed by atoms with Crippen molar-refractivity contribution < 1.29 is 0 Å². The van der Waals surface area contributed by atoms with Crippen molar-refractivity contribution in [3.63, 3.8) is 0 Å². The van der Waals surface area contributed by atoms with E-state index in [2.05, 4.69) is 49.5 Å². The Morgan fingerprint density at radius 3 is 2.11 bits per heavy atom. The van der Waals surface area contributed by atoms with E-state index in [1.165, 1.54) is 0 Å². The zero-order valence-electron chi connectivity index (χ0n) is 12.1. The first-order valence-electron chi connectivity index (χ1n) is 6.70. The Balaban J connectivity index is 3.07. The van der Waals surface area contributed by atoms with Gasteiger partial charge in [-0.1, -0.05) is 46.2 Å². The van der Waals surface area contributed by atoms with Crippen LogP contribution in [0.5, 0.6) is 0 Å². The molecule has 0 spiro atoms. The van der Waals surface area contributed by atoms with Crippen molar-refractivity contribution in [1.29, 1.82) is 0 Å². The van der Waals surface area contributed by atoms with Gasteiger partial charge >= 0.3 is 0 Å². The number of hydrogen-bond acceptors (Lipinski definition) is 3. The van der Waals surface area contributed by atoms with E-state index in [-0.39, 0.29) is 0 Å². The minimum absolute atomic E-state index is 0.583. The number of hydrogen-bond donors (Lipinski definition) is 0. The van der Waals surface area contributed by atoms with E-state index in [0.717, 1.165) is 30.9 Å². The van der Waals surface area contributed by atoms with Crippen molar-refractivity contribution in [1.82, 2.24) is 9.97 Å². The molecule has 102 valence electrons. The van der Waals surface area contributed by atoms with Gasteiger partial charge in [-0.3, -0.25) is 0 Å². The fourth-order valence-electron chi connectivity index (χ4n) is 2.09. The molecule has 0 fully saturated rings. The molecule has 1 rings (SSSR count). The maximum atomic E-state index is 6.17. The summed E-state index contributed by atoms with van der Waals surface area (Å²) in [5.74, 6) is 2.20. The summed E-state index contributed by atoms with van der Waals surface area (Å²) in [5, 5.41) is 0.583. The molecule has 0 unspecified atom stereocenters. The van der Waals surface area contributed by atoms with Crippen molar-refractivity contribution in [2.75, 3.05) is 18.0 Å². The Morgan fingerprint density at radius 1 is 1.11 bits per heavy atom. The molecule has 0 amide bonds. The highest BCUT2D eigenvalue weighted by Gasteiger charge is 2.17. The zero-order valence-corrected chi connectivity index (χ0v) is 12.8. The molecule has 0 aromatic carbocycles. The minimum Gasteiger partial charge on any atom is -0.356 e. The average molecular weight is 270 g/mol. The second-order valence-electron chi connectivity index (χ2n) is 5.51. The second kappa shape index (κ2) is 6.93. The van der Waals surface area contributed by atoms with Crippen LogP contribution in [-0.4, -0.2) is 23.1 Å². The first-order chi connectivity index (χ1) is 8.45. The summed E-state index contributed by atoms with van der Waals surface area (Å²) in [6.07, 6.45) is 2.42. The average Bonchev–Trinajstić information content (AvgIpc) is 2.26. The van der Waals surface area contributed by atoms with Gasteiger partial charge in [0.05, 0.1) is 0 Å². The van der Waals surface area contributed by atoms with Gasteiger partial charge in [-0.05, 0) is 18.3 Å². The number of nitrogens with zero attached hydrogens (tertiary/aromatic N) is 3. The Labute approximate surface area is 116 Å². The van der Waals surface area contributed by atoms with Gasteiger partial charge in [-0.15, -0.1) is 0 Å². The summed E-state index contributed by atoms with van der Waals surface area (Å²) in [6, 6.07) is 0. The largest absolute Gasteiger partial charge is 0.356 e. The van der Waals surface area contributed by atoms with Crippen LogP contribution >= 0.6 is 11.6 Å². The van der Waals surface area contributed by atoms with Crippen LogP contribution in [0.25, 0.3) is 0 Å². The minimum atomic E-state index is 0.583. The Kier molecular flexibility index (Phi) is 5.86. The summed E-state index contributed by atoms with van der Waals surface area (Å²) < 4.78 is 0. The van der Waals surface area contributed by atoms with Gasteiger partial charge in [0.15, 0.2) is 0 Å². The predicted molar refractivity (Wildman–Crippen MR) is 78.3 cm³/mol. The molecule has 0 aliphatic carbocycles. The SMILES string of the molecule is CCc1c(Cl)ncnc1N(CC(C)C)CC(C)C. The van der Waals surface area contributed by atoms with E-state index in [0.29, 0.717) is 17.0 Å². The number of rotatable bonds is 6. The molecule has 0 atom stereocenters. The Morgan fingerprint density at radius 2 is 1.67 bits per heavy atom. The van der Waals surface area contributed by atoms with Crippen LogP contribution in [0.1, 0.15) is 40.2 Å². The molecule has 0 radical (unpaired) electrons. The summed E-state index contributed by atoms with van der Waals surface area (Å²) >= 11 is 6.17. The molecule has 0 aliphatic rings. The number of anilines is 1. The zero-order chi connectivity index (χ0) is 13.7. The van der Waals surface area contributed by atoms with Crippen LogP contribution < -0.4 is 4.90 Å². The molecular weight excluding hydrogens is 246 g/mol. The third-order valence-electron chi connectivity index (χ3n) is 2.69. The van der Waals surface area contributed by atoms with Gasteiger partial charge in [-0.2, -0.15) is 0 Å². The lowest BCUT2D eigenvalue weighted by molar-refractivity contribution is 0.547. The topological polar surface area (TPSA) is 29.0 Å². The summed E-state index contributed by atoms with van der Waals surface area (Å²) in [7, 11) is 0. The van der Waals surface area contributed by atoms with Gasteiger partial charge in [0, 0.05) is 18.7 Å². The molecule has 1 heterocycles. The fraction of sp³-hybridized carbons (Fsp3) is 0.714. The second-order valence-corrected chi connectivity index (χ2v) is 5.87. The first-order valence-corrected chi connectivity index (χ1v) is 7.07. The molecule has 1 aromatic rings. The quantitative estimate of drug-likeness (QED) is 0.736. The standard InChI is InChI=1S/C14H24ClN3/c1-6-12-13(15)16-9-17-14(12)18(7-10(2)3)8-11(4)5/h9-11H,6-8H2,1-5H3. The van der Waals surface area contributed by atoms with E-state index in [4.69, 9.17) is 11.6 Å². The number of aromatic nitrogens is 2. The van der Waals surface area contributed by atoms with Crippen LogP contribution in [0.4, 0.5) is 5.82 Å². The van der Waals surface area contributed by atoms with Gasteiger partial charge in [-0.25, -0.2) is 9.97 Å². The summed E-state index contributed by atoms with van der Waals surface area (Å²) in [6.45, 7) is 13.0. The van der Waals surface area contributed by atoms with Crippen LogP contribution in [0.15, 0.2) is 6.33 Å². The van der Waals surface area contributed by atoms with Crippen LogP contribution in [-0.2, 0) is 6.42 Å². The molecule has 3 nitrogen and oxygen atoms in total. The fourth-order valence-corrected chi connectivity index (χ4v) is 2.35. The highest BCUT2D eigenvalue weighted by molar-refractivity contribution is 6.30. The molecular formula is C14H24ClN3. The lowest BCUT2D eigenvalue weighted by Gasteiger charge is -2.29. The molecule has 18 heavy (non-hydrogen) atoms. The maximum Gasteiger partial charge on any atom is 0.137 e. The van der Waals surface area contributed by atoms with Crippen molar-refractivity contribution in [2.45, 2.75) is 41.0 Å². The Hall–Kier alpha value is -0.830. The first kappa shape index (κ1) is 15.2. The predicted octanol–water partition coefficient (Wildman–Crippen LogP) is 3.81. The van der Waals surface area contributed by atoms with Crippen molar-refractivity contribution in [2.24, 2.45) is 11.8 Å². The lowest BCUT2D eigenvalue weighted by atomic mass is 10.1. The van der Waals surface area contributed by atoms with Crippen LogP contribution in [0, 0.1) is 11.8 Å². The van der Waals surface area contributed by atoms with Crippen molar-refractivity contribution in [3.05, 3.63) is 17.0 Å². The molecule has 4 heteroatoms. The maximum absolute atomic E-state index is 6.17. The normalized spacial score (nSPS) is 11.3. The van der Waals surface area contributed by atoms with E-state index in [9.17, 15) is 0 Å². The smallest absolute Gasteiger partial charge is 0.137 e. The van der Waals surface area contributed by atoms with E-state index in [1.54, 1.807) is 6.33 Å². The van der Waals surface area contributed by atoms with E-state index in [1.807, 2.05) is 0 Å². The number of halogens is 1. The van der Waals surface area contributed by atoms with E-state index < -0.39 is 0 Å². The molecule has 0 saturated carbocycles. The summed E-state index contributed by atoms with van der Waals surface area (Å²) in [4.78, 5) is 10.9. The van der Waals surface area contributed by atoms with Crippen LogP contribution in [0.3, 0.4) is 0 Å². The van der Waals surface area contributed by atoms with Gasteiger partial charge in [0.25, 0.3) is 0 Å². The third kappa shape index (κ3) is 4.13. The van der Waals surface area contributed by atoms with Gasteiger partial charge in [0.1, 0.15) is 17.3 Å². The molecule has 0 N–H and O–H groups in total. The molecule has 0 saturated heterocycles. The molecule has 0 bridgehead atoms. The van der Waals surface area contributed by atoms with Crippen molar-refractivity contribution in [3.8, 4) is 0 Å². The lowest BCUT2D eigenvalue weighted by Crippen LogP contribution is -2.33. The highest BCUT2D eigenvalue weighted by Crippen LogP contribution is 2.25. The molecule has 0 aliphatic heterocycles. The van der Waals surface area contributed by atoms with Crippen LogP contribution in [0.2, 0.25) is 5.15 Å².